The third kappa shape index (κ3) is 2.42. The van der Waals surface area contributed by atoms with Crippen molar-refractivity contribution >= 4 is 23.2 Å². The molecule has 2 heterocycles. The Morgan fingerprint density at radius 3 is 2.43 bits per heavy atom. The predicted molar refractivity (Wildman–Crippen MR) is 87.8 cm³/mol. The van der Waals surface area contributed by atoms with E-state index in [4.69, 9.17) is 11.6 Å². The van der Waals surface area contributed by atoms with Crippen LogP contribution in [-0.4, -0.2) is 23.4 Å². The Morgan fingerprint density at radius 1 is 1.04 bits per heavy atom. The zero-order chi connectivity index (χ0) is 16.0. The molecule has 0 aromatic heterocycles. The Morgan fingerprint density at radius 2 is 1.74 bits per heavy atom. The van der Waals surface area contributed by atoms with Crippen molar-refractivity contribution in [3.63, 3.8) is 0 Å². The van der Waals surface area contributed by atoms with Gasteiger partial charge in [-0.25, -0.2) is 4.39 Å². The maximum atomic E-state index is 13.3. The maximum Gasteiger partial charge on any atom is 0.246 e. The Labute approximate surface area is 139 Å². The van der Waals surface area contributed by atoms with Gasteiger partial charge in [0, 0.05) is 17.3 Å². The first kappa shape index (κ1) is 14.7. The highest BCUT2D eigenvalue weighted by atomic mass is 35.5. The lowest BCUT2D eigenvalue weighted by molar-refractivity contribution is -0.119. The van der Waals surface area contributed by atoms with Crippen LogP contribution in [0.3, 0.4) is 0 Å². The average molecular weight is 331 g/mol. The molecule has 0 spiro atoms. The van der Waals surface area contributed by atoms with Crippen molar-refractivity contribution < 1.29 is 9.18 Å². The third-order valence-electron chi connectivity index (χ3n) is 4.65. The van der Waals surface area contributed by atoms with Gasteiger partial charge in [-0.2, -0.15) is 0 Å². The van der Waals surface area contributed by atoms with E-state index in [1.54, 1.807) is 24.3 Å². The third-order valence-corrected chi connectivity index (χ3v) is 4.90. The molecule has 2 aromatic carbocycles. The zero-order valence-electron chi connectivity index (χ0n) is 12.5. The van der Waals surface area contributed by atoms with E-state index in [9.17, 15) is 9.18 Å². The van der Waals surface area contributed by atoms with E-state index in [-0.39, 0.29) is 23.9 Å². The molecule has 0 N–H and O–H groups in total. The van der Waals surface area contributed by atoms with Crippen LogP contribution in [0.5, 0.6) is 0 Å². The molecular weight excluding hydrogens is 315 g/mol. The molecule has 3 nitrogen and oxygen atoms in total. The largest absolute Gasteiger partial charge is 0.291 e. The SMILES string of the molecule is O=C1[C@@H]2CCCN2[C@@H](c2ccc(F)cc2)N1c1ccc(Cl)cc1. The number of nitrogens with zero attached hydrogens (tertiary/aromatic N) is 2. The number of hydrogen-bond acceptors (Lipinski definition) is 2. The zero-order valence-corrected chi connectivity index (χ0v) is 13.2. The summed E-state index contributed by atoms with van der Waals surface area (Å²) in [5, 5.41) is 0.638. The standard InChI is InChI=1S/C18H16ClFN2O/c19-13-5-9-15(10-6-13)22-17(12-3-7-14(20)8-4-12)21-11-1-2-16(21)18(22)23/h3-10,16-17H,1-2,11H2/t16-,17+/m0/s1. The van der Waals surface area contributed by atoms with Crippen LogP contribution in [0.1, 0.15) is 24.6 Å². The van der Waals surface area contributed by atoms with Crippen LogP contribution < -0.4 is 4.90 Å². The number of amides is 1. The van der Waals surface area contributed by atoms with Gasteiger partial charge in [-0.15, -0.1) is 0 Å². The highest BCUT2D eigenvalue weighted by molar-refractivity contribution is 6.30. The van der Waals surface area contributed by atoms with E-state index in [0.717, 1.165) is 30.6 Å². The molecule has 2 aromatic rings. The Balaban J connectivity index is 1.79. The Kier molecular flexibility index (Phi) is 3.58. The van der Waals surface area contributed by atoms with Crippen LogP contribution in [0.2, 0.25) is 5.02 Å². The summed E-state index contributed by atoms with van der Waals surface area (Å²) in [5.41, 5.74) is 1.75. The van der Waals surface area contributed by atoms with Crippen LogP contribution in [0.15, 0.2) is 48.5 Å². The molecule has 2 aliphatic heterocycles. The monoisotopic (exact) mass is 330 g/mol. The molecule has 1 amide bonds. The van der Waals surface area contributed by atoms with Gasteiger partial charge in [0.15, 0.2) is 0 Å². The summed E-state index contributed by atoms with van der Waals surface area (Å²) in [6.45, 7) is 0.878. The summed E-state index contributed by atoms with van der Waals surface area (Å²) in [6, 6.07) is 13.6. The van der Waals surface area contributed by atoms with Gasteiger partial charge in [0.1, 0.15) is 12.0 Å². The van der Waals surface area contributed by atoms with E-state index in [1.165, 1.54) is 12.1 Å². The number of benzene rings is 2. The summed E-state index contributed by atoms with van der Waals surface area (Å²) in [4.78, 5) is 16.9. The van der Waals surface area contributed by atoms with Gasteiger partial charge in [-0.05, 0) is 54.8 Å². The first-order chi connectivity index (χ1) is 11.1. The summed E-state index contributed by atoms with van der Waals surface area (Å²) in [7, 11) is 0. The van der Waals surface area contributed by atoms with E-state index in [2.05, 4.69) is 4.90 Å². The minimum absolute atomic E-state index is 0.0827. The van der Waals surface area contributed by atoms with E-state index >= 15 is 0 Å². The van der Waals surface area contributed by atoms with Gasteiger partial charge in [0.05, 0.1) is 6.04 Å². The van der Waals surface area contributed by atoms with Crippen molar-refractivity contribution in [2.24, 2.45) is 0 Å². The molecule has 0 aliphatic carbocycles. The first-order valence-electron chi connectivity index (χ1n) is 7.75. The molecule has 0 bridgehead atoms. The Bertz CT molecular complexity index is 732. The minimum atomic E-state index is -0.269. The fourth-order valence-electron chi connectivity index (χ4n) is 3.62. The second-order valence-electron chi connectivity index (χ2n) is 6.01. The number of halogens is 2. The van der Waals surface area contributed by atoms with Gasteiger partial charge in [-0.3, -0.25) is 14.6 Å². The molecule has 4 rings (SSSR count). The summed E-state index contributed by atoms with van der Waals surface area (Å²) in [5.74, 6) is -0.159. The quantitative estimate of drug-likeness (QED) is 0.831. The molecular formula is C18H16ClFN2O. The number of carbonyl (C=O) groups excluding carboxylic acids is 1. The lowest BCUT2D eigenvalue weighted by Crippen LogP contribution is -2.32. The molecule has 2 aliphatic rings. The highest BCUT2D eigenvalue weighted by Gasteiger charge is 2.49. The van der Waals surface area contributed by atoms with Gasteiger partial charge in [0.2, 0.25) is 5.91 Å². The predicted octanol–water partition coefficient (Wildman–Crippen LogP) is 3.99. The second-order valence-corrected chi connectivity index (χ2v) is 6.44. The van der Waals surface area contributed by atoms with Gasteiger partial charge >= 0.3 is 0 Å². The summed E-state index contributed by atoms with van der Waals surface area (Å²) < 4.78 is 13.3. The van der Waals surface area contributed by atoms with Crippen molar-refractivity contribution in [1.29, 1.82) is 0 Å². The molecule has 0 unspecified atom stereocenters. The first-order valence-corrected chi connectivity index (χ1v) is 8.13. The van der Waals surface area contributed by atoms with E-state index in [1.807, 2.05) is 17.0 Å². The van der Waals surface area contributed by atoms with Gasteiger partial charge in [0.25, 0.3) is 0 Å². The molecule has 5 heteroatoms. The Hall–Kier alpha value is -1.91. The van der Waals surface area contributed by atoms with Crippen molar-refractivity contribution in [2.45, 2.75) is 25.0 Å². The fourth-order valence-corrected chi connectivity index (χ4v) is 3.75. The molecule has 2 fully saturated rings. The number of hydrogen-bond donors (Lipinski definition) is 0. The van der Waals surface area contributed by atoms with Crippen molar-refractivity contribution in [3.05, 3.63) is 64.9 Å². The summed E-state index contributed by atoms with van der Waals surface area (Å²) >= 11 is 5.97. The summed E-state index contributed by atoms with van der Waals surface area (Å²) in [6.07, 6.45) is 1.71. The van der Waals surface area contributed by atoms with E-state index in [0.29, 0.717) is 5.02 Å². The van der Waals surface area contributed by atoms with Gasteiger partial charge < -0.3 is 0 Å². The molecule has 23 heavy (non-hydrogen) atoms. The van der Waals surface area contributed by atoms with Crippen molar-refractivity contribution in [1.82, 2.24) is 4.90 Å². The molecule has 0 radical (unpaired) electrons. The minimum Gasteiger partial charge on any atom is -0.291 e. The number of rotatable bonds is 2. The number of anilines is 1. The topological polar surface area (TPSA) is 23.6 Å². The van der Waals surface area contributed by atoms with Crippen LogP contribution in [0, 0.1) is 5.82 Å². The van der Waals surface area contributed by atoms with Crippen LogP contribution in [-0.2, 0) is 4.79 Å². The van der Waals surface area contributed by atoms with Crippen molar-refractivity contribution in [3.8, 4) is 0 Å². The van der Waals surface area contributed by atoms with Crippen LogP contribution in [0.25, 0.3) is 0 Å². The molecule has 0 saturated carbocycles. The van der Waals surface area contributed by atoms with Crippen LogP contribution in [0.4, 0.5) is 10.1 Å². The van der Waals surface area contributed by atoms with E-state index < -0.39 is 0 Å². The highest BCUT2D eigenvalue weighted by Crippen LogP contribution is 2.42. The fraction of sp³-hybridized carbons (Fsp3) is 0.278. The average Bonchev–Trinajstić information content (AvgIpc) is 3.12. The molecule has 2 atom stereocenters. The second kappa shape index (κ2) is 5.62. The number of carbonyl (C=O) groups is 1. The number of fused-ring (bicyclic) bond motifs is 1. The smallest absolute Gasteiger partial charge is 0.246 e. The van der Waals surface area contributed by atoms with Gasteiger partial charge in [-0.1, -0.05) is 23.7 Å². The lowest BCUT2D eigenvalue weighted by Gasteiger charge is -2.29. The van der Waals surface area contributed by atoms with Crippen LogP contribution >= 0.6 is 11.6 Å². The molecule has 2 saturated heterocycles. The lowest BCUT2D eigenvalue weighted by atomic mass is 10.1. The molecule has 118 valence electrons. The maximum absolute atomic E-state index is 13.3. The van der Waals surface area contributed by atoms with Crippen molar-refractivity contribution in [2.75, 3.05) is 11.4 Å². The normalized spacial score (nSPS) is 24.3.